The summed E-state index contributed by atoms with van der Waals surface area (Å²) < 4.78 is 15.9. The van der Waals surface area contributed by atoms with Crippen LogP contribution >= 0.6 is 0 Å². The summed E-state index contributed by atoms with van der Waals surface area (Å²) in [5, 5.41) is 20.5. The fourth-order valence-corrected chi connectivity index (χ4v) is 2.70. The second-order valence-corrected chi connectivity index (χ2v) is 5.20. The lowest BCUT2D eigenvalue weighted by atomic mass is 9.87. The van der Waals surface area contributed by atoms with Crippen molar-refractivity contribution in [3.05, 3.63) is 47.5 Å². The van der Waals surface area contributed by atoms with E-state index in [2.05, 4.69) is 0 Å². The molecule has 0 spiro atoms. The Kier molecular flexibility index (Phi) is 3.81. The van der Waals surface area contributed by atoms with E-state index in [4.69, 9.17) is 14.2 Å². The predicted octanol–water partition coefficient (Wildman–Crippen LogP) is 2.62. The monoisotopic (exact) mass is 302 g/mol. The second kappa shape index (κ2) is 5.77. The summed E-state index contributed by atoms with van der Waals surface area (Å²) in [6.45, 7) is 0.356. The van der Waals surface area contributed by atoms with Crippen molar-refractivity contribution in [2.75, 3.05) is 20.8 Å². The highest BCUT2D eigenvalue weighted by Gasteiger charge is 2.32. The molecule has 1 heterocycles. The Balaban J connectivity index is 1.93. The molecule has 1 aliphatic heterocycles. The summed E-state index contributed by atoms with van der Waals surface area (Å²) >= 11 is 0. The van der Waals surface area contributed by atoms with Gasteiger partial charge in [0.1, 0.15) is 11.5 Å². The van der Waals surface area contributed by atoms with Crippen molar-refractivity contribution in [1.29, 1.82) is 0 Å². The third-order valence-electron chi connectivity index (χ3n) is 3.97. The van der Waals surface area contributed by atoms with Crippen molar-refractivity contribution in [2.45, 2.75) is 12.0 Å². The number of hydrogen-bond acceptors (Lipinski definition) is 5. The molecule has 2 N–H and O–H groups in total. The Labute approximate surface area is 128 Å². The quantitative estimate of drug-likeness (QED) is 0.912. The number of hydrogen-bond donors (Lipinski definition) is 2. The molecule has 0 saturated carbocycles. The van der Waals surface area contributed by atoms with Crippen molar-refractivity contribution in [3.63, 3.8) is 0 Å². The molecule has 0 unspecified atom stereocenters. The minimum atomic E-state index is -0.756. The molecule has 0 aromatic heterocycles. The van der Waals surface area contributed by atoms with Gasteiger partial charge in [-0.15, -0.1) is 0 Å². The van der Waals surface area contributed by atoms with E-state index in [9.17, 15) is 10.2 Å². The summed E-state index contributed by atoms with van der Waals surface area (Å²) in [6, 6.07) is 10.6. The summed E-state index contributed by atoms with van der Waals surface area (Å²) in [6.07, 6.45) is -0.756. The molecule has 0 amide bonds. The van der Waals surface area contributed by atoms with E-state index in [0.717, 1.165) is 11.3 Å². The number of ether oxygens (including phenoxy) is 3. The largest absolute Gasteiger partial charge is 0.504 e. The van der Waals surface area contributed by atoms with Gasteiger partial charge >= 0.3 is 0 Å². The van der Waals surface area contributed by atoms with E-state index >= 15 is 0 Å². The predicted molar refractivity (Wildman–Crippen MR) is 80.8 cm³/mol. The third-order valence-corrected chi connectivity index (χ3v) is 3.97. The molecule has 0 aliphatic carbocycles. The Morgan fingerprint density at radius 1 is 1.09 bits per heavy atom. The van der Waals surface area contributed by atoms with E-state index in [0.29, 0.717) is 23.7 Å². The minimum Gasteiger partial charge on any atom is -0.504 e. The van der Waals surface area contributed by atoms with Crippen molar-refractivity contribution in [1.82, 2.24) is 0 Å². The Morgan fingerprint density at radius 2 is 1.82 bits per heavy atom. The van der Waals surface area contributed by atoms with Gasteiger partial charge in [-0.25, -0.2) is 0 Å². The van der Waals surface area contributed by atoms with Gasteiger partial charge in [0.2, 0.25) is 0 Å². The van der Waals surface area contributed by atoms with Crippen LogP contribution in [0, 0.1) is 0 Å². The van der Waals surface area contributed by atoms with Gasteiger partial charge in [-0.2, -0.15) is 0 Å². The SMILES string of the molecule is COc1ccc([C@H]2COc3cc(OC)c(O)cc3[C@@H]2O)cc1. The summed E-state index contributed by atoms with van der Waals surface area (Å²) in [4.78, 5) is 0. The minimum absolute atomic E-state index is 0.0146. The molecule has 22 heavy (non-hydrogen) atoms. The normalized spacial score (nSPS) is 20.0. The van der Waals surface area contributed by atoms with E-state index in [1.165, 1.54) is 13.2 Å². The summed E-state index contributed by atoms with van der Waals surface area (Å²) in [5.41, 5.74) is 1.51. The Hall–Kier alpha value is -2.40. The van der Waals surface area contributed by atoms with Crippen LogP contribution in [0.2, 0.25) is 0 Å². The first-order chi connectivity index (χ1) is 10.6. The van der Waals surface area contributed by atoms with Crippen molar-refractivity contribution >= 4 is 0 Å². The molecular weight excluding hydrogens is 284 g/mol. The number of phenols is 1. The van der Waals surface area contributed by atoms with Crippen LogP contribution in [0.15, 0.2) is 36.4 Å². The van der Waals surface area contributed by atoms with Gasteiger partial charge in [0.25, 0.3) is 0 Å². The molecule has 116 valence electrons. The van der Waals surface area contributed by atoms with Gasteiger partial charge < -0.3 is 24.4 Å². The van der Waals surface area contributed by atoms with Crippen LogP contribution in [0.3, 0.4) is 0 Å². The lowest BCUT2D eigenvalue weighted by Crippen LogP contribution is -2.24. The number of phenolic OH excluding ortho intramolecular Hbond substituents is 1. The first-order valence-electron chi connectivity index (χ1n) is 6.99. The first-order valence-corrected chi connectivity index (χ1v) is 6.99. The Morgan fingerprint density at radius 3 is 2.45 bits per heavy atom. The molecule has 2 aromatic carbocycles. The van der Waals surface area contributed by atoms with Gasteiger partial charge in [-0.3, -0.25) is 0 Å². The fourth-order valence-electron chi connectivity index (χ4n) is 2.70. The van der Waals surface area contributed by atoms with Crippen molar-refractivity contribution < 1.29 is 24.4 Å². The number of aromatic hydroxyl groups is 1. The van der Waals surface area contributed by atoms with Crippen LogP contribution in [0.25, 0.3) is 0 Å². The first kappa shape index (κ1) is 14.5. The molecule has 0 fully saturated rings. The maximum absolute atomic E-state index is 10.6. The molecule has 0 radical (unpaired) electrons. The molecule has 2 aromatic rings. The number of aliphatic hydroxyl groups excluding tert-OH is 1. The lowest BCUT2D eigenvalue weighted by Gasteiger charge is -2.31. The van der Waals surface area contributed by atoms with E-state index < -0.39 is 6.10 Å². The highest BCUT2D eigenvalue weighted by Crippen LogP contribution is 2.45. The molecule has 1 aliphatic rings. The zero-order chi connectivity index (χ0) is 15.7. The smallest absolute Gasteiger partial charge is 0.164 e. The van der Waals surface area contributed by atoms with Crippen LogP contribution in [-0.2, 0) is 0 Å². The third kappa shape index (κ3) is 2.44. The molecule has 0 saturated heterocycles. The maximum atomic E-state index is 10.6. The maximum Gasteiger partial charge on any atom is 0.164 e. The van der Waals surface area contributed by atoms with Crippen LogP contribution in [0.1, 0.15) is 23.1 Å². The van der Waals surface area contributed by atoms with Gasteiger partial charge in [-0.1, -0.05) is 12.1 Å². The number of fused-ring (bicyclic) bond motifs is 1. The van der Waals surface area contributed by atoms with Gasteiger partial charge in [0, 0.05) is 17.5 Å². The van der Waals surface area contributed by atoms with E-state index in [1.54, 1.807) is 13.2 Å². The van der Waals surface area contributed by atoms with Crippen LogP contribution in [0.5, 0.6) is 23.0 Å². The van der Waals surface area contributed by atoms with Crippen molar-refractivity contribution in [3.8, 4) is 23.0 Å². The number of benzene rings is 2. The van der Waals surface area contributed by atoms with E-state index in [1.807, 2.05) is 24.3 Å². The molecular formula is C17H18O5. The molecule has 5 nitrogen and oxygen atoms in total. The molecule has 5 heteroatoms. The van der Waals surface area contributed by atoms with Gasteiger partial charge in [0.15, 0.2) is 11.5 Å². The highest BCUT2D eigenvalue weighted by atomic mass is 16.5. The molecule has 0 bridgehead atoms. The van der Waals surface area contributed by atoms with Gasteiger partial charge in [0.05, 0.1) is 26.9 Å². The number of aliphatic hydroxyl groups is 1. The number of rotatable bonds is 3. The zero-order valence-corrected chi connectivity index (χ0v) is 12.4. The van der Waals surface area contributed by atoms with Gasteiger partial charge in [-0.05, 0) is 23.8 Å². The summed E-state index contributed by atoms with van der Waals surface area (Å²) in [7, 11) is 3.08. The average Bonchev–Trinajstić information content (AvgIpc) is 2.55. The van der Waals surface area contributed by atoms with Crippen LogP contribution < -0.4 is 14.2 Å². The van der Waals surface area contributed by atoms with Crippen molar-refractivity contribution in [2.24, 2.45) is 0 Å². The van der Waals surface area contributed by atoms with Crippen LogP contribution in [-0.4, -0.2) is 31.0 Å². The average molecular weight is 302 g/mol. The standard InChI is InChI=1S/C17H18O5/c1-20-11-5-3-10(4-6-11)13-9-22-15-8-16(21-2)14(18)7-12(15)17(13)19/h3-8,13,17-19H,9H2,1-2H3/t13-,17+/m1/s1. The summed E-state index contributed by atoms with van der Waals surface area (Å²) in [5.74, 6) is 1.41. The Bertz CT molecular complexity index is 665. The molecule has 2 atom stereocenters. The zero-order valence-electron chi connectivity index (χ0n) is 12.4. The van der Waals surface area contributed by atoms with Crippen LogP contribution in [0.4, 0.5) is 0 Å². The highest BCUT2D eigenvalue weighted by molar-refractivity contribution is 5.52. The van der Waals surface area contributed by atoms with E-state index in [-0.39, 0.29) is 11.7 Å². The topological polar surface area (TPSA) is 68.2 Å². The lowest BCUT2D eigenvalue weighted by molar-refractivity contribution is 0.0883. The second-order valence-electron chi connectivity index (χ2n) is 5.20. The number of methoxy groups -OCH3 is 2. The molecule has 3 rings (SSSR count). The fraction of sp³-hybridized carbons (Fsp3) is 0.294.